The van der Waals surface area contributed by atoms with Gasteiger partial charge < -0.3 is 15.0 Å². The Morgan fingerprint density at radius 3 is 2.57 bits per heavy atom. The van der Waals surface area contributed by atoms with Gasteiger partial charge in [0.25, 0.3) is 0 Å². The first-order valence-electron chi connectivity index (χ1n) is 8.23. The molecule has 118 valence electrons. The number of benzene rings is 1. The molecule has 0 radical (unpaired) electrons. The molecule has 0 bridgehead atoms. The second kappa shape index (κ2) is 7.81. The minimum atomic E-state index is 0.231. The van der Waals surface area contributed by atoms with Crippen LogP contribution in [-0.4, -0.2) is 37.7 Å². The number of nitrogens with zero attached hydrogens (tertiary/aromatic N) is 1. The summed E-state index contributed by atoms with van der Waals surface area (Å²) in [5.74, 6) is 1.74. The van der Waals surface area contributed by atoms with E-state index in [9.17, 15) is 0 Å². The van der Waals surface area contributed by atoms with Gasteiger partial charge in [-0.1, -0.05) is 12.1 Å². The summed E-state index contributed by atoms with van der Waals surface area (Å²) >= 11 is 0. The van der Waals surface area contributed by atoms with Gasteiger partial charge in [-0.05, 0) is 77.4 Å². The van der Waals surface area contributed by atoms with Gasteiger partial charge in [0.05, 0.1) is 6.10 Å². The Labute approximate surface area is 129 Å². The van der Waals surface area contributed by atoms with Crippen molar-refractivity contribution in [2.75, 3.05) is 26.7 Å². The maximum absolute atomic E-state index is 5.69. The lowest BCUT2D eigenvalue weighted by atomic mass is 9.97. The summed E-state index contributed by atoms with van der Waals surface area (Å²) in [4.78, 5) is 2.44. The van der Waals surface area contributed by atoms with E-state index in [1.54, 1.807) is 0 Å². The highest BCUT2D eigenvalue weighted by Crippen LogP contribution is 2.20. The van der Waals surface area contributed by atoms with Crippen LogP contribution in [0.2, 0.25) is 0 Å². The third kappa shape index (κ3) is 5.33. The van der Waals surface area contributed by atoms with E-state index in [0.29, 0.717) is 6.04 Å². The third-order valence-electron chi connectivity index (χ3n) is 4.19. The predicted octanol–water partition coefficient (Wildman–Crippen LogP) is 3.47. The molecule has 1 N–H and O–H groups in total. The van der Waals surface area contributed by atoms with Crippen LogP contribution in [0.25, 0.3) is 0 Å². The molecule has 1 fully saturated rings. The zero-order valence-electron chi connectivity index (χ0n) is 13.9. The van der Waals surface area contributed by atoms with Gasteiger partial charge in [0.2, 0.25) is 0 Å². The summed E-state index contributed by atoms with van der Waals surface area (Å²) in [6.45, 7) is 9.93. The van der Waals surface area contributed by atoms with Crippen LogP contribution in [0.1, 0.15) is 45.2 Å². The molecule has 2 rings (SSSR count). The summed E-state index contributed by atoms with van der Waals surface area (Å²) in [7, 11) is 2.23. The smallest absolute Gasteiger partial charge is 0.119 e. The Morgan fingerprint density at radius 1 is 1.24 bits per heavy atom. The zero-order valence-corrected chi connectivity index (χ0v) is 13.9. The van der Waals surface area contributed by atoms with Gasteiger partial charge >= 0.3 is 0 Å². The lowest BCUT2D eigenvalue weighted by molar-refractivity contribution is 0.203. The van der Waals surface area contributed by atoms with E-state index in [4.69, 9.17) is 4.74 Å². The van der Waals surface area contributed by atoms with Crippen molar-refractivity contribution < 1.29 is 4.74 Å². The van der Waals surface area contributed by atoms with Gasteiger partial charge in [-0.15, -0.1) is 0 Å². The molecule has 0 saturated carbocycles. The van der Waals surface area contributed by atoms with E-state index in [1.807, 2.05) is 0 Å². The van der Waals surface area contributed by atoms with Crippen molar-refractivity contribution in [3.05, 3.63) is 29.8 Å². The lowest BCUT2D eigenvalue weighted by Crippen LogP contribution is -2.37. The first-order chi connectivity index (χ1) is 10.0. The predicted molar refractivity (Wildman–Crippen MR) is 88.8 cm³/mol. The molecule has 1 heterocycles. The minimum absolute atomic E-state index is 0.231. The fraction of sp³-hybridized carbons (Fsp3) is 0.667. The second-order valence-corrected chi connectivity index (χ2v) is 6.64. The lowest BCUT2D eigenvalue weighted by Gasteiger charge is -2.30. The number of hydrogen-bond donors (Lipinski definition) is 1. The first-order valence-corrected chi connectivity index (χ1v) is 8.23. The van der Waals surface area contributed by atoms with E-state index in [2.05, 4.69) is 62.3 Å². The largest absolute Gasteiger partial charge is 0.491 e. The summed E-state index contributed by atoms with van der Waals surface area (Å²) in [5.41, 5.74) is 1.33. The summed E-state index contributed by atoms with van der Waals surface area (Å²) in [6.07, 6.45) is 2.92. The van der Waals surface area contributed by atoms with Gasteiger partial charge in [-0.3, -0.25) is 0 Å². The number of likely N-dealkylation sites (tertiary alicyclic amines) is 1. The van der Waals surface area contributed by atoms with Crippen LogP contribution in [0.3, 0.4) is 0 Å². The van der Waals surface area contributed by atoms with Crippen molar-refractivity contribution in [2.24, 2.45) is 5.92 Å². The zero-order chi connectivity index (χ0) is 15.2. The quantitative estimate of drug-likeness (QED) is 0.868. The summed E-state index contributed by atoms with van der Waals surface area (Å²) < 4.78 is 5.69. The molecule has 1 aromatic carbocycles. The molecule has 1 aromatic rings. The van der Waals surface area contributed by atoms with Crippen LogP contribution in [0.5, 0.6) is 5.75 Å². The van der Waals surface area contributed by atoms with Gasteiger partial charge in [0.15, 0.2) is 0 Å². The fourth-order valence-electron chi connectivity index (χ4n) is 3.01. The van der Waals surface area contributed by atoms with E-state index in [0.717, 1.165) is 18.2 Å². The average Bonchev–Trinajstić information content (AvgIpc) is 2.45. The molecule has 21 heavy (non-hydrogen) atoms. The van der Waals surface area contributed by atoms with Crippen molar-refractivity contribution in [1.82, 2.24) is 10.2 Å². The molecule has 3 nitrogen and oxygen atoms in total. The maximum atomic E-state index is 5.69. The van der Waals surface area contributed by atoms with Gasteiger partial charge in [-0.2, -0.15) is 0 Å². The number of piperidine rings is 1. The molecule has 0 amide bonds. The van der Waals surface area contributed by atoms with Gasteiger partial charge in [0.1, 0.15) is 5.75 Å². The molecular formula is C18H30N2O. The molecular weight excluding hydrogens is 260 g/mol. The monoisotopic (exact) mass is 290 g/mol. The summed E-state index contributed by atoms with van der Waals surface area (Å²) in [6, 6.07) is 8.87. The van der Waals surface area contributed by atoms with E-state index in [1.165, 1.54) is 31.5 Å². The standard InChI is InChI=1S/C18H30N2O/c1-14(2)21-18-9-7-17(8-10-18)15(3)19-12-16-6-5-11-20(4)13-16/h7-10,14-16,19H,5-6,11-13H2,1-4H3. The first kappa shape index (κ1) is 16.3. The van der Waals surface area contributed by atoms with Crippen molar-refractivity contribution in [3.63, 3.8) is 0 Å². The molecule has 0 aliphatic carbocycles. The van der Waals surface area contributed by atoms with Crippen LogP contribution in [0.4, 0.5) is 0 Å². The highest BCUT2D eigenvalue weighted by Gasteiger charge is 2.17. The van der Waals surface area contributed by atoms with E-state index >= 15 is 0 Å². The molecule has 1 saturated heterocycles. The van der Waals surface area contributed by atoms with Crippen molar-refractivity contribution in [1.29, 1.82) is 0 Å². The Kier molecular flexibility index (Phi) is 6.07. The normalized spacial score (nSPS) is 21.5. The Morgan fingerprint density at radius 2 is 1.95 bits per heavy atom. The third-order valence-corrected chi connectivity index (χ3v) is 4.19. The Balaban J connectivity index is 1.81. The van der Waals surface area contributed by atoms with Crippen molar-refractivity contribution in [3.8, 4) is 5.75 Å². The van der Waals surface area contributed by atoms with Crippen molar-refractivity contribution >= 4 is 0 Å². The van der Waals surface area contributed by atoms with Crippen molar-refractivity contribution in [2.45, 2.75) is 45.8 Å². The van der Waals surface area contributed by atoms with Crippen LogP contribution in [-0.2, 0) is 0 Å². The van der Waals surface area contributed by atoms with Gasteiger partial charge in [0, 0.05) is 12.6 Å². The molecule has 3 heteroatoms. The highest BCUT2D eigenvalue weighted by molar-refractivity contribution is 5.29. The number of hydrogen-bond acceptors (Lipinski definition) is 3. The van der Waals surface area contributed by atoms with E-state index in [-0.39, 0.29) is 6.10 Å². The molecule has 1 aliphatic heterocycles. The molecule has 1 aliphatic rings. The molecule has 2 unspecified atom stereocenters. The highest BCUT2D eigenvalue weighted by atomic mass is 16.5. The van der Waals surface area contributed by atoms with Crippen LogP contribution in [0, 0.1) is 5.92 Å². The van der Waals surface area contributed by atoms with Gasteiger partial charge in [-0.25, -0.2) is 0 Å². The topological polar surface area (TPSA) is 24.5 Å². The fourth-order valence-corrected chi connectivity index (χ4v) is 3.01. The minimum Gasteiger partial charge on any atom is -0.491 e. The molecule has 2 atom stereocenters. The second-order valence-electron chi connectivity index (χ2n) is 6.64. The number of nitrogens with one attached hydrogen (secondary N) is 1. The number of ether oxygens (including phenoxy) is 1. The SMILES string of the molecule is CC(C)Oc1ccc(C(C)NCC2CCCN(C)C2)cc1. The average molecular weight is 290 g/mol. The Hall–Kier alpha value is -1.06. The van der Waals surface area contributed by atoms with E-state index < -0.39 is 0 Å². The van der Waals surface area contributed by atoms with Crippen LogP contribution in [0.15, 0.2) is 24.3 Å². The summed E-state index contributed by atoms with van der Waals surface area (Å²) in [5, 5.41) is 3.68. The molecule has 0 spiro atoms. The van der Waals surface area contributed by atoms with Crippen LogP contribution < -0.4 is 10.1 Å². The Bertz CT molecular complexity index is 416. The maximum Gasteiger partial charge on any atom is 0.119 e. The molecule has 0 aromatic heterocycles. The van der Waals surface area contributed by atoms with Crippen LogP contribution >= 0.6 is 0 Å². The number of rotatable bonds is 6.